The van der Waals surface area contributed by atoms with E-state index in [0.717, 1.165) is 12.8 Å². The lowest BCUT2D eigenvalue weighted by Crippen LogP contribution is -2.12. The van der Waals surface area contributed by atoms with E-state index in [0.29, 0.717) is 23.7 Å². The van der Waals surface area contributed by atoms with Crippen molar-refractivity contribution in [1.29, 1.82) is 0 Å². The third-order valence-corrected chi connectivity index (χ3v) is 3.31. The summed E-state index contributed by atoms with van der Waals surface area (Å²) < 4.78 is 20.8. The van der Waals surface area contributed by atoms with Gasteiger partial charge in [-0.25, -0.2) is 14.2 Å². The van der Waals surface area contributed by atoms with E-state index >= 15 is 0 Å². The molecule has 0 aliphatic heterocycles. The third-order valence-electron chi connectivity index (χ3n) is 3.31. The number of halogens is 1. The van der Waals surface area contributed by atoms with Crippen LogP contribution in [0.1, 0.15) is 36.3 Å². The molecule has 1 heterocycles. The third kappa shape index (κ3) is 2.19. The normalized spacial score (nSPS) is 14.3. The van der Waals surface area contributed by atoms with Crippen LogP contribution >= 0.6 is 0 Å². The molecular weight excluding hydrogens is 259 g/mol. The smallest absolute Gasteiger partial charge is 0.356 e. The molecule has 104 valence electrons. The number of ether oxygens (including phenoxy) is 1. The first kappa shape index (κ1) is 12.8. The van der Waals surface area contributed by atoms with Gasteiger partial charge in [0.1, 0.15) is 17.3 Å². The molecule has 20 heavy (non-hydrogen) atoms. The Labute approximate surface area is 116 Å². The van der Waals surface area contributed by atoms with Gasteiger partial charge >= 0.3 is 5.97 Å². The van der Waals surface area contributed by atoms with E-state index in [1.807, 2.05) is 0 Å². The van der Waals surface area contributed by atoms with E-state index in [1.165, 1.54) is 12.3 Å². The summed E-state index contributed by atoms with van der Waals surface area (Å²) in [6, 6.07) is 6.67. The molecule has 0 bridgehead atoms. The summed E-state index contributed by atoms with van der Waals surface area (Å²) in [6.45, 7) is 2.07. The largest absolute Gasteiger partial charge is 0.461 e. The van der Waals surface area contributed by atoms with Crippen molar-refractivity contribution in [3.63, 3.8) is 0 Å². The van der Waals surface area contributed by atoms with Crippen molar-refractivity contribution in [2.45, 2.75) is 25.8 Å². The van der Waals surface area contributed by atoms with Gasteiger partial charge in [0.25, 0.3) is 0 Å². The summed E-state index contributed by atoms with van der Waals surface area (Å²) >= 11 is 0. The summed E-state index contributed by atoms with van der Waals surface area (Å²) in [7, 11) is 0. The second kappa shape index (κ2) is 5.07. The molecule has 0 amide bonds. The number of aromatic nitrogens is 2. The number of carbonyl (C=O) groups excluding carboxylic acids is 1. The predicted octanol–water partition coefficient (Wildman–Crippen LogP) is 3.20. The molecule has 2 aromatic rings. The van der Waals surface area contributed by atoms with Crippen LogP contribution in [-0.2, 0) is 4.74 Å². The monoisotopic (exact) mass is 274 g/mol. The van der Waals surface area contributed by atoms with E-state index in [2.05, 4.69) is 4.98 Å². The molecule has 1 aliphatic carbocycles. The van der Waals surface area contributed by atoms with Gasteiger partial charge in [0.2, 0.25) is 0 Å². The Kier molecular flexibility index (Phi) is 3.26. The standard InChI is InChI=1S/C15H15FN2O2/c1-2-20-15(19)13-9-17-14(18(13)10-7-8-10)11-5-3-4-6-12(11)16/h3-6,9-10H,2,7-8H2,1H3. The molecule has 0 atom stereocenters. The van der Waals surface area contributed by atoms with Crippen LogP contribution in [0.3, 0.4) is 0 Å². The van der Waals surface area contributed by atoms with Crippen LogP contribution in [0.5, 0.6) is 0 Å². The lowest BCUT2D eigenvalue weighted by atomic mass is 10.2. The second-order valence-electron chi connectivity index (χ2n) is 4.77. The molecule has 0 radical (unpaired) electrons. The highest BCUT2D eigenvalue weighted by molar-refractivity contribution is 5.88. The summed E-state index contributed by atoms with van der Waals surface area (Å²) in [5.41, 5.74) is 0.808. The lowest BCUT2D eigenvalue weighted by molar-refractivity contribution is 0.0513. The fourth-order valence-electron chi connectivity index (χ4n) is 2.26. The average molecular weight is 274 g/mol. The van der Waals surface area contributed by atoms with Crippen LogP contribution in [0.2, 0.25) is 0 Å². The van der Waals surface area contributed by atoms with E-state index < -0.39 is 5.97 Å². The van der Waals surface area contributed by atoms with Crippen LogP contribution in [0, 0.1) is 5.82 Å². The summed E-state index contributed by atoms with van der Waals surface area (Å²) in [5.74, 6) is -0.251. The van der Waals surface area contributed by atoms with Crippen LogP contribution in [-0.4, -0.2) is 22.1 Å². The Hall–Kier alpha value is -2.17. The van der Waals surface area contributed by atoms with Gasteiger partial charge in [-0.3, -0.25) is 0 Å². The van der Waals surface area contributed by atoms with Crippen LogP contribution in [0.4, 0.5) is 4.39 Å². The number of esters is 1. The first-order chi connectivity index (χ1) is 9.72. The number of imidazole rings is 1. The second-order valence-corrected chi connectivity index (χ2v) is 4.77. The maximum Gasteiger partial charge on any atom is 0.356 e. The molecule has 0 N–H and O–H groups in total. The van der Waals surface area contributed by atoms with Gasteiger partial charge in [-0.2, -0.15) is 0 Å². The summed E-state index contributed by atoms with van der Waals surface area (Å²) in [6.07, 6.45) is 3.42. The highest BCUT2D eigenvalue weighted by Crippen LogP contribution is 2.40. The molecule has 1 fully saturated rings. The average Bonchev–Trinajstić information content (AvgIpc) is 3.18. The van der Waals surface area contributed by atoms with Crippen molar-refractivity contribution in [3.05, 3.63) is 42.0 Å². The molecule has 1 aromatic carbocycles. The Balaban J connectivity index is 2.08. The molecule has 0 unspecified atom stereocenters. The SMILES string of the molecule is CCOC(=O)c1cnc(-c2ccccc2F)n1C1CC1. The number of rotatable bonds is 4. The molecule has 0 spiro atoms. The highest BCUT2D eigenvalue weighted by atomic mass is 19.1. The Bertz CT molecular complexity index is 647. The fourth-order valence-corrected chi connectivity index (χ4v) is 2.26. The number of nitrogens with zero attached hydrogens (tertiary/aromatic N) is 2. The zero-order valence-electron chi connectivity index (χ0n) is 11.2. The number of hydrogen-bond donors (Lipinski definition) is 0. The van der Waals surface area contributed by atoms with Gasteiger partial charge in [-0.1, -0.05) is 12.1 Å². The summed E-state index contributed by atoms with van der Waals surface area (Å²) in [5, 5.41) is 0. The molecule has 5 heteroatoms. The minimum absolute atomic E-state index is 0.214. The molecule has 1 aromatic heterocycles. The topological polar surface area (TPSA) is 44.1 Å². The van der Waals surface area contributed by atoms with Crippen LogP contribution in [0.25, 0.3) is 11.4 Å². The summed E-state index contributed by atoms with van der Waals surface area (Å²) in [4.78, 5) is 16.2. The molecule has 1 saturated carbocycles. The van der Waals surface area contributed by atoms with Crippen molar-refractivity contribution in [3.8, 4) is 11.4 Å². The van der Waals surface area contributed by atoms with Crippen molar-refractivity contribution in [2.24, 2.45) is 0 Å². The maximum absolute atomic E-state index is 13.9. The fraction of sp³-hybridized carbons (Fsp3) is 0.333. The highest BCUT2D eigenvalue weighted by Gasteiger charge is 2.32. The van der Waals surface area contributed by atoms with Gasteiger partial charge in [-0.05, 0) is 31.9 Å². The van der Waals surface area contributed by atoms with Crippen molar-refractivity contribution < 1.29 is 13.9 Å². The van der Waals surface area contributed by atoms with E-state index in [9.17, 15) is 9.18 Å². The molecule has 3 rings (SSSR count). The van der Waals surface area contributed by atoms with E-state index in [1.54, 1.807) is 29.7 Å². The Morgan fingerprint density at radius 2 is 2.20 bits per heavy atom. The first-order valence-corrected chi connectivity index (χ1v) is 6.71. The van der Waals surface area contributed by atoms with Gasteiger partial charge in [0.15, 0.2) is 0 Å². The van der Waals surface area contributed by atoms with Gasteiger partial charge in [-0.15, -0.1) is 0 Å². The molecular formula is C15H15FN2O2. The number of carbonyl (C=O) groups is 1. The van der Waals surface area contributed by atoms with Crippen molar-refractivity contribution in [1.82, 2.24) is 9.55 Å². The van der Waals surface area contributed by atoms with Gasteiger partial charge < -0.3 is 9.30 Å². The molecule has 0 saturated heterocycles. The number of hydrogen-bond acceptors (Lipinski definition) is 3. The number of benzene rings is 1. The van der Waals surface area contributed by atoms with Crippen molar-refractivity contribution >= 4 is 5.97 Å². The lowest BCUT2D eigenvalue weighted by Gasteiger charge is -2.10. The zero-order chi connectivity index (χ0) is 14.1. The van der Waals surface area contributed by atoms with E-state index in [-0.39, 0.29) is 11.9 Å². The Morgan fingerprint density at radius 3 is 2.85 bits per heavy atom. The first-order valence-electron chi connectivity index (χ1n) is 6.71. The van der Waals surface area contributed by atoms with Crippen LogP contribution in [0.15, 0.2) is 30.5 Å². The van der Waals surface area contributed by atoms with Crippen molar-refractivity contribution in [2.75, 3.05) is 6.61 Å². The minimum atomic E-state index is -0.408. The molecule has 1 aliphatic rings. The molecule has 4 nitrogen and oxygen atoms in total. The zero-order valence-corrected chi connectivity index (χ0v) is 11.2. The minimum Gasteiger partial charge on any atom is -0.461 e. The van der Waals surface area contributed by atoms with Crippen LogP contribution < -0.4 is 0 Å². The van der Waals surface area contributed by atoms with Gasteiger partial charge in [0, 0.05) is 6.04 Å². The van der Waals surface area contributed by atoms with Gasteiger partial charge in [0.05, 0.1) is 18.4 Å². The predicted molar refractivity (Wildman–Crippen MR) is 71.8 cm³/mol. The quantitative estimate of drug-likeness (QED) is 0.804. The van der Waals surface area contributed by atoms with E-state index in [4.69, 9.17) is 4.74 Å². The Morgan fingerprint density at radius 1 is 1.45 bits per heavy atom. The maximum atomic E-state index is 13.9.